The average Bonchev–Trinajstić information content (AvgIpc) is 2.64. The fourth-order valence-corrected chi connectivity index (χ4v) is 3.14. The zero-order valence-corrected chi connectivity index (χ0v) is 14.9. The molecule has 0 saturated heterocycles. The predicted octanol–water partition coefficient (Wildman–Crippen LogP) is 3.88. The molecule has 1 aromatic carbocycles. The van der Waals surface area contributed by atoms with E-state index in [1.165, 1.54) is 6.08 Å². The Balaban J connectivity index is 2.26. The van der Waals surface area contributed by atoms with Crippen molar-refractivity contribution in [1.29, 1.82) is 5.41 Å². The summed E-state index contributed by atoms with van der Waals surface area (Å²) in [7, 11) is 1.74. The van der Waals surface area contributed by atoms with Gasteiger partial charge in [0.05, 0.1) is 5.71 Å². The second-order valence-corrected chi connectivity index (χ2v) is 6.50. The fraction of sp³-hybridized carbons (Fsp3) is 0.400. The van der Waals surface area contributed by atoms with Crippen molar-refractivity contribution >= 4 is 11.6 Å². The number of rotatable bonds is 7. The Labute approximate surface area is 152 Å². The number of allylic oxidation sites excluding steroid dienone is 1. The van der Waals surface area contributed by atoms with E-state index in [-0.39, 0.29) is 31.2 Å². The average molecular weight is 361 g/mol. The summed E-state index contributed by atoms with van der Waals surface area (Å²) in [6, 6.07) is 5.68. The summed E-state index contributed by atoms with van der Waals surface area (Å²) in [6.07, 6.45) is 5.18. The SMILES string of the molecule is C=CC(=O)NCc1ccc(C2CCC(F)(F)CC2)cc1C(=N)/C=C\NC. The van der Waals surface area contributed by atoms with Gasteiger partial charge >= 0.3 is 0 Å². The zero-order valence-electron chi connectivity index (χ0n) is 14.9. The summed E-state index contributed by atoms with van der Waals surface area (Å²) in [6.45, 7) is 3.70. The van der Waals surface area contributed by atoms with Crippen molar-refractivity contribution in [3.8, 4) is 0 Å². The molecule has 0 bridgehead atoms. The highest BCUT2D eigenvalue weighted by atomic mass is 19.3. The van der Waals surface area contributed by atoms with Crippen LogP contribution in [0.15, 0.2) is 43.1 Å². The van der Waals surface area contributed by atoms with E-state index in [4.69, 9.17) is 5.41 Å². The lowest BCUT2D eigenvalue weighted by molar-refractivity contribution is -0.116. The van der Waals surface area contributed by atoms with Crippen LogP contribution in [0.25, 0.3) is 0 Å². The Morgan fingerprint density at radius 2 is 2.08 bits per heavy atom. The van der Waals surface area contributed by atoms with Gasteiger partial charge < -0.3 is 16.0 Å². The quantitative estimate of drug-likeness (QED) is 0.510. The standard InChI is InChI=1S/C20H25F2N3O/c1-3-19(26)25-13-16-5-4-15(12-17(16)18(23)8-11-24-2)14-6-9-20(21,22)10-7-14/h3-5,8,11-12,14,23-24H,1,6-7,9-10,13H2,2H3,(H,25,26)/b11-8-,23-18?. The second-order valence-electron chi connectivity index (χ2n) is 6.50. The summed E-state index contributed by atoms with van der Waals surface area (Å²) in [5.74, 6) is -2.77. The van der Waals surface area contributed by atoms with Crippen LogP contribution < -0.4 is 10.6 Å². The van der Waals surface area contributed by atoms with Gasteiger partial charge in [0.25, 0.3) is 0 Å². The van der Waals surface area contributed by atoms with Crippen molar-refractivity contribution in [2.75, 3.05) is 7.05 Å². The third-order valence-electron chi connectivity index (χ3n) is 4.67. The molecule has 140 valence electrons. The first-order chi connectivity index (χ1) is 12.4. The number of nitrogens with one attached hydrogen (secondary N) is 3. The predicted molar refractivity (Wildman–Crippen MR) is 99.7 cm³/mol. The van der Waals surface area contributed by atoms with Gasteiger partial charge in [-0.1, -0.05) is 18.7 Å². The first-order valence-electron chi connectivity index (χ1n) is 8.70. The van der Waals surface area contributed by atoms with E-state index in [0.29, 0.717) is 24.1 Å². The van der Waals surface area contributed by atoms with E-state index in [2.05, 4.69) is 17.2 Å². The summed E-state index contributed by atoms with van der Waals surface area (Å²) < 4.78 is 26.8. The minimum atomic E-state index is -2.56. The molecule has 0 aliphatic heterocycles. The van der Waals surface area contributed by atoms with E-state index < -0.39 is 5.92 Å². The number of amides is 1. The molecule has 0 radical (unpaired) electrons. The Bertz CT molecular complexity index is 703. The highest BCUT2D eigenvalue weighted by Crippen LogP contribution is 2.41. The Morgan fingerprint density at radius 3 is 2.69 bits per heavy atom. The molecule has 2 rings (SSSR count). The van der Waals surface area contributed by atoms with Crippen LogP contribution >= 0.6 is 0 Å². The maximum Gasteiger partial charge on any atom is 0.248 e. The van der Waals surface area contributed by atoms with Gasteiger partial charge in [-0.15, -0.1) is 0 Å². The molecule has 26 heavy (non-hydrogen) atoms. The Morgan fingerprint density at radius 1 is 1.38 bits per heavy atom. The van der Waals surface area contributed by atoms with E-state index >= 15 is 0 Å². The number of carbonyl (C=O) groups excluding carboxylic acids is 1. The third kappa shape index (κ3) is 5.25. The molecule has 1 aromatic rings. The highest BCUT2D eigenvalue weighted by molar-refractivity contribution is 6.07. The molecule has 1 aliphatic carbocycles. The number of halogens is 2. The van der Waals surface area contributed by atoms with Crippen LogP contribution in [0.5, 0.6) is 0 Å². The molecule has 0 atom stereocenters. The molecule has 6 heteroatoms. The third-order valence-corrected chi connectivity index (χ3v) is 4.67. The van der Waals surface area contributed by atoms with Crippen LogP contribution in [-0.2, 0) is 11.3 Å². The molecule has 0 spiro atoms. The maximum absolute atomic E-state index is 13.4. The van der Waals surface area contributed by atoms with E-state index in [1.54, 1.807) is 19.3 Å². The molecule has 1 fully saturated rings. The molecule has 0 heterocycles. The summed E-state index contributed by atoms with van der Waals surface area (Å²) in [5.41, 5.74) is 2.76. The topological polar surface area (TPSA) is 65.0 Å². The molecule has 1 amide bonds. The lowest BCUT2D eigenvalue weighted by Gasteiger charge is -2.29. The summed E-state index contributed by atoms with van der Waals surface area (Å²) in [4.78, 5) is 11.4. The molecular weight excluding hydrogens is 336 g/mol. The molecule has 1 aliphatic rings. The molecule has 3 N–H and O–H groups in total. The molecular formula is C20H25F2N3O. The Kier molecular flexibility index (Phi) is 6.66. The van der Waals surface area contributed by atoms with Crippen LogP contribution in [0.3, 0.4) is 0 Å². The fourth-order valence-electron chi connectivity index (χ4n) is 3.14. The number of benzene rings is 1. The minimum Gasteiger partial charge on any atom is -0.394 e. The number of carbonyl (C=O) groups is 1. The van der Waals surface area contributed by atoms with Gasteiger partial charge in [0.1, 0.15) is 0 Å². The van der Waals surface area contributed by atoms with Crippen molar-refractivity contribution in [3.63, 3.8) is 0 Å². The van der Waals surface area contributed by atoms with Gasteiger partial charge in [-0.2, -0.15) is 0 Å². The zero-order chi connectivity index (χ0) is 19.2. The first-order valence-corrected chi connectivity index (χ1v) is 8.70. The number of hydrogen-bond donors (Lipinski definition) is 3. The van der Waals surface area contributed by atoms with Gasteiger partial charge in [-0.05, 0) is 54.3 Å². The number of hydrogen-bond acceptors (Lipinski definition) is 3. The molecule has 1 saturated carbocycles. The van der Waals surface area contributed by atoms with E-state index in [1.807, 2.05) is 18.2 Å². The van der Waals surface area contributed by atoms with Crippen molar-refractivity contribution in [3.05, 3.63) is 59.8 Å². The largest absolute Gasteiger partial charge is 0.394 e. The molecule has 4 nitrogen and oxygen atoms in total. The van der Waals surface area contributed by atoms with Crippen LogP contribution in [-0.4, -0.2) is 24.6 Å². The minimum absolute atomic E-state index is 0.0753. The van der Waals surface area contributed by atoms with Crippen molar-refractivity contribution < 1.29 is 13.6 Å². The second kappa shape index (κ2) is 8.74. The van der Waals surface area contributed by atoms with E-state index in [0.717, 1.165) is 11.1 Å². The lowest BCUT2D eigenvalue weighted by Crippen LogP contribution is -2.24. The monoisotopic (exact) mass is 361 g/mol. The van der Waals surface area contributed by atoms with Crippen molar-refractivity contribution in [1.82, 2.24) is 10.6 Å². The van der Waals surface area contributed by atoms with Gasteiger partial charge in [0, 0.05) is 32.0 Å². The van der Waals surface area contributed by atoms with Crippen LogP contribution in [0.1, 0.15) is 48.3 Å². The Hall–Kier alpha value is -2.50. The smallest absolute Gasteiger partial charge is 0.248 e. The van der Waals surface area contributed by atoms with Gasteiger partial charge in [0.15, 0.2) is 0 Å². The van der Waals surface area contributed by atoms with Crippen molar-refractivity contribution in [2.45, 2.75) is 44.1 Å². The van der Waals surface area contributed by atoms with Gasteiger partial charge in [-0.3, -0.25) is 4.79 Å². The van der Waals surface area contributed by atoms with Gasteiger partial charge in [-0.25, -0.2) is 8.78 Å². The summed E-state index contributed by atoms with van der Waals surface area (Å²) in [5, 5.41) is 13.9. The number of alkyl halides is 2. The van der Waals surface area contributed by atoms with Crippen LogP contribution in [0.4, 0.5) is 8.78 Å². The normalized spacial score (nSPS) is 17.0. The van der Waals surface area contributed by atoms with Crippen LogP contribution in [0, 0.1) is 5.41 Å². The maximum atomic E-state index is 13.4. The van der Waals surface area contributed by atoms with Crippen LogP contribution in [0.2, 0.25) is 0 Å². The molecule has 0 unspecified atom stereocenters. The highest BCUT2D eigenvalue weighted by Gasteiger charge is 2.35. The first kappa shape index (κ1) is 19.8. The molecule has 0 aromatic heterocycles. The van der Waals surface area contributed by atoms with E-state index in [9.17, 15) is 13.6 Å². The lowest BCUT2D eigenvalue weighted by atomic mass is 9.81. The summed E-state index contributed by atoms with van der Waals surface area (Å²) >= 11 is 0. The van der Waals surface area contributed by atoms with Crippen molar-refractivity contribution in [2.24, 2.45) is 0 Å². The van der Waals surface area contributed by atoms with Gasteiger partial charge in [0.2, 0.25) is 11.8 Å².